The average molecular weight is 321 g/mol. The summed E-state index contributed by atoms with van der Waals surface area (Å²) >= 11 is 6.18. The van der Waals surface area contributed by atoms with Crippen LogP contribution in [-0.2, 0) is 0 Å². The first-order valence-electron chi connectivity index (χ1n) is 7.24. The van der Waals surface area contributed by atoms with Gasteiger partial charge in [-0.1, -0.05) is 11.6 Å². The Balaban J connectivity index is 2.01. The number of halogens is 1. The van der Waals surface area contributed by atoms with Crippen LogP contribution in [0.5, 0.6) is 0 Å². The summed E-state index contributed by atoms with van der Waals surface area (Å²) in [4.78, 5) is 29.4. The van der Waals surface area contributed by atoms with Crippen molar-refractivity contribution in [1.82, 2.24) is 9.88 Å². The van der Waals surface area contributed by atoms with Gasteiger partial charge in [-0.05, 0) is 44.4 Å². The van der Waals surface area contributed by atoms with E-state index in [0.29, 0.717) is 22.8 Å². The van der Waals surface area contributed by atoms with Crippen molar-refractivity contribution >= 4 is 17.5 Å². The quantitative estimate of drug-likeness (QED) is 0.924. The molecule has 2 aromatic rings. The van der Waals surface area contributed by atoms with Gasteiger partial charge in [0.1, 0.15) is 11.3 Å². The highest BCUT2D eigenvalue weighted by atomic mass is 35.5. The predicted octanol–water partition coefficient (Wildman–Crippen LogP) is 3.22. The van der Waals surface area contributed by atoms with Crippen molar-refractivity contribution in [3.63, 3.8) is 0 Å². The van der Waals surface area contributed by atoms with Gasteiger partial charge in [-0.25, -0.2) is 0 Å². The number of aromatic amines is 1. The van der Waals surface area contributed by atoms with Crippen LogP contribution in [0.1, 0.15) is 46.3 Å². The van der Waals surface area contributed by atoms with Crippen LogP contribution in [0.2, 0.25) is 5.02 Å². The molecule has 1 saturated heterocycles. The molecular weight excluding hydrogens is 304 g/mol. The van der Waals surface area contributed by atoms with E-state index in [1.54, 1.807) is 31.1 Å². The molecule has 0 radical (unpaired) electrons. The molecule has 1 fully saturated rings. The second kappa shape index (κ2) is 5.65. The average Bonchev–Trinajstić information content (AvgIpc) is 3.14. The monoisotopic (exact) mass is 320 g/mol. The molecule has 2 aromatic heterocycles. The molecule has 1 aliphatic heterocycles. The van der Waals surface area contributed by atoms with E-state index in [1.165, 1.54) is 0 Å². The molecular formula is C16H17ClN2O3. The summed E-state index contributed by atoms with van der Waals surface area (Å²) in [5.41, 5.74) is 0.825. The summed E-state index contributed by atoms with van der Waals surface area (Å²) in [6, 6.07) is 3.54. The second-order valence-electron chi connectivity index (χ2n) is 5.57. The molecule has 3 rings (SSSR count). The van der Waals surface area contributed by atoms with E-state index in [4.69, 9.17) is 16.0 Å². The topological polar surface area (TPSA) is 66.3 Å². The molecule has 0 aliphatic carbocycles. The molecule has 0 spiro atoms. The van der Waals surface area contributed by atoms with Gasteiger partial charge in [0, 0.05) is 12.2 Å². The van der Waals surface area contributed by atoms with Gasteiger partial charge in [0.25, 0.3) is 11.5 Å². The molecule has 3 heterocycles. The lowest BCUT2D eigenvalue weighted by molar-refractivity contribution is 0.0717. The van der Waals surface area contributed by atoms with E-state index < -0.39 is 5.56 Å². The van der Waals surface area contributed by atoms with Gasteiger partial charge in [0.15, 0.2) is 0 Å². The molecule has 1 aliphatic rings. The maximum atomic E-state index is 12.9. The minimum absolute atomic E-state index is 0.119. The van der Waals surface area contributed by atoms with Crippen LogP contribution in [-0.4, -0.2) is 22.3 Å². The van der Waals surface area contributed by atoms with Gasteiger partial charge in [-0.3, -0.25) is 9.59 Å². The molecule has 0 bridgehead atoms. The Morgan fingerprint density at radius 3 is 2.91 bits per heavy atom. The molecule has 116 valence electrons. The van der Waals surface area contributed by atoms with Crippen LogP contribution in [0, 0.1) is 13.8 Å². The number of hydrogen-bond donors (Lipinski definition) is 1. The van der Waals surface area contributed by atoms with Crippen LogP contribution in [0.25, 0.3) is 0 Å². The number of rotatable bonds is 2. The summed E-state index contributed by atoms with van der Waals surface area (Å²) < 4.78 is 5.43. The molecule has 1 amide bonds. The number of nitrogens with zero attached hydrogens (tertiary/aromatic N) is 1. The smallest absolute Gasteiger partial charge is 0.261 e. The maximum absolute atomic E-state index is 12.9. The normalized spacial score (nSPS) is 18.0. The number of furan rings is 1. The molecule has 1 atom stereocenters. The Labute approximate surface area is 132 Å². The zero-order chi connectivity index (χ0) is 15.9. The molecule has 0 aromatic carbocycles. The Hall–Kier alpha value is -2.01. The third-order valence-electron chi connectivity index (χ3n) is 4.16. The first kappa shape index (κ1) is 14.9. The highest BCUT2D eigenvalue weighted by Crippen LogP contribution is 2.33. The van der Waals surface area contributed by atoms with E-state index in [9.17, 15) is 9.59 Å². The standard InChI is InChI=1S/C16H17ClN2O3/c1-9-13(15(20)18-10(2)14(9)17)16(21)19-7-3-5-11(19)12-6-4-8-22-12/h4,6,8,11H,3,5,7H2,1-2H3,(H,18,20)/t11-/m0/s1. The van der Waals surface area contributed by atoms with Gasteiger partial charge in [-0.2, -0.15) is 0 Å². The SMILES string of the molecule is Cc1[nH]c(=O)c(C(=O)N2CCC[C@H]2c2ccco2)c(C)c1Cl. The maximum Gasteiger partial charge on any atom is 0.261 e. The first-order valence-corrected chi connectivity index (χ1v) is 7.62. The highest BCUT2D eigenvalue weighted by molar-refractivity contribution is 6.32. The van der Waals surface area contributed by atoms with Crippen LogP contribution in [0.3, 0.4) is 0 Å². The number of carbonyl (C=O) groups excluding carboxylic acids is 1. The third-order valence-corrected chi connectivity index (χ3v) is 4.73. The van der Waals surface area contributed by atoms with Crippen molar-refractivity contribution in [3.8, 4) is 0 Å². The van der Waals surface area contributed by atoms with Crippen molar-refractivity contribution in [2.24, 2.45) is 0 Å². The van der Waals surface area contributed by atoms with Crippen LogP contribution in [0.4, 0.5) is 0 Å². The summed E-state index contributed by atoms with van der Waals surface area (Å²) in [7, 11) is 0. The van der Waals surface area contributed by atoms with Crippen molar-refractivity contribution in [1.29, 1.82) is 0 Å². The number of pyridine rings is 1. The number of H-pyrrole nitrogens is 1. The number of aryl methyl sites for hydroxylation is 1. The van der Waals surface area contributed by atoms with Crippen LogP contribution >= 0.6 is 11.6 Å². The van der Waals surface area contributed by atoms with E-state index in [1.807, 2.05) is 6.07 Å². The third kappa shape index (κ3) is 2.35. The van der Waals surface area contributed by atoms with E-state index >= 15 is 0 Å². The van der Waals surface area contributed by atoms with Gasteiger partial charge in [-0.15, -0.1) is 0 Å². The summed E-state index contributed by atoms with van der Waals surface area (Å²) in [5.74, 6) is 0.456. The Kier molecular flexibility index (Phi) is 3.83. The minimum atomic E-state index is -0.394. The Morgan fingerprint density at radius 2 is 2.23 bits per heavy atom. The number of likely N-dealkylation sites (tertiary alicyclic amines) is 1. The molecule has 0 saturated carbocycles. The number of nitrogens with one attached hydrogen (secondary N) is 1. The summed E-state index contributed by atoms with van der Waals surface area (Å²) in [5, 5.41) is 0.427. The zero-order valence-corrected chi connectivity index (χ0v) is 13.2. The van der Waals surface area contributed by atoms with Crippen molar-refractivity contribution in [2.75, 3.05) is 6.54 Å². The van der Waals surface area contributed by atoms with E-state index in [-0.39, 0.29) is 17.5 Å². The molecule has 0 unspecified atom stereocenters. The molecule has 5 nitrogen and oxygen atoms in total. The minimum Gasteiger partial charge on any atom is -0.467 e. The Bertz CT molecular complexity index is 764. The van der Waals surface area contributed by atoms with E-state index in [2.05, 4.69) is 4.98 Å². The Morgan fingerprint density at radius 1 is 1.45 bits per heavy atom. The molecule has 1 N–H and O–H groups in total. The fraction of sp³-hybridized carbons (Fsp3) is 0.375. The van der Waals surface area contributed by atoms with Gasteiger partial charge >= 0.3 is 0 Å². The fourth-order valence-corrected chi connectivity index (χ4v) is 3.18. The van der Waals surface area contributed by atoms with Crippen LogP contribution < -0.4 is 5.56 Å². The lowest BCUT2D eigenvalue weighted by atomic mass is 10.1. The second-order valence-corrected chi connectivity index (χ2v) is 5.94. The van der Waals surface area contributed by atoms with Gasteiger partial charge in [0.05, 0.1) is 17.3 Å². The van der Waals surface area contributed by atoms with Crippen molar-refractivity contribution in [2.45, 2.75) is 32.7 Å². The van der Waals surface area contributed by atoms with Crippen LogP contribution in [0.15, 0.2) is 27.6 Å². The largest absolute Gasteiger partial charge is 0.467 e. The molecule has 22 heavy (non-hydrogen) atoms. The lowest BCUT2D eigenvalue weighted by Gasteiger charge is -2.23. The fourth-order valence-electron chi connectivity index (χ4n) is 3.04. The predicted molar refractivity (Wildman–Crippen MR) is 83.3 cm³/mol. The number of carbonyl (C=O) groups is 1. The zero-order valence-electron chi connectivity index (χ0n) is 12.5. The summed E-state index contributed by atoms with van der Waals surface area (Å²) in [6.45, 7) is 4.02. The number of hydrogen-bond acceptors (Lipinski definition) is 3. The highest BCUT2D eigenvalue weighted by Gasteiger charge is 2.34. The van der Waals surface area contributed by atoms with Gasteiger partial charge < -0.3 is 14.3 Å². The number of amides is 1. The number of aromatic nitrogens is 1. The van der Waals surface area contributed by atoms with E-state index in [0.717, 1.165) is 18.6 Å². The van der Waals surface area contributed by atoms with Gasteiger partial charge in [0.2, 0.25) is 0 Å². The van der Waals surface area contributed by atoms with Crippen molar-refractivity contribution in [3.05, 3.63) is 56.4 Å². The first-order chi connectivity index (χ1) is 10.5. The molecule has 6 heteroatoms. The lowest BCUT2D eigenvalue weighted by Crippen LogP contribution is -2.35. The summed E-state index contributed by atoms with van der Waals surface area (Å²) in [6.07, 6.45) is 3.31. The van der Waals surface area contributed by atoms with Crippen molar-refractivity contribution < 1.29 is 9.21 Å².